The molecule has 4 heteroatoms. The van der Waals surface area contributed by atoms with Crippen molar-refractivity contribution >= 4 is 5.91 Å². The van der Waals surface area contributed by atoms with Crippen LogP contribution in [-0.4, -0.2) is 37.0 Å². The van der Waals surface area contributed by atoms with Gasteiger partial charge in [0.2, 0.25) is 0 Å². The summed E-state index contributed by atoms with van der Waals surface area (Å²) in [7, 11) is 0. The number of fused-ring (bicyclic) bond motifs is 2. The van der Waals surface area contributed by atoms with E-state index in [9.17, 15) is 4.79 Å². The summed E-state index contributed by atoms with van der Waals surface area (Å²) < 4.78 is 5.29. The molecule has 17 heavy (non-hydrogen) atoms. The highest BCUT2D eigenvalue weighted by atomic mass is 16.3. The standard InChI is InChI=1S/C13H18N2O2/c1-9-2-3-17-12(9)13(16)15-7-10-4-11(8-15)6-14-5-10/h2-3,10-11,14H,4-8H2,1H3/t10-,11+. The van der Waals surface area contributed by atoms with Gasteiger partial charge in [-0.25, -0.2) is 0 Å². The van der Waals surface area contributed by atoms with E-state index < -0.39 is 0 Å². The number of furan rings is 1. The summed E-state index contributed by atoms with van der Waals surface area (Å²) in [5.74, 6) is 1.80. The van der Waals surface area contributed by atoms with Crippen molar-refractivity contribution in [2.45, 2.75) is 13.3 Å². The smallest absolute Gasteiger partial charge is 0.289 e. The van der Waals surface area contributed by atoms with Gasteiger partial charge >= 0.3 is 0 Å². The maximum absolute atomic E-state index is 12.3. The van der Waals surface area contributed by atoms with Crippen molar-refractivity contribution in [2.75, 3.05) is 26.2 Å². The highest BCUT2D eigenvalue weighted by Crippen LogP contribution is 2.26. The average molecular weight is 234 g/mol. The first-order chi connectivity index (χ1) is 8.24. The molecule has 0 spiro atoms. The lowest BCUT2D eigenvalue weighted by molar-refractivity contribution is 0.0507. The normalized spacial score (nSPS) is 28.2. The molecule has 2 atom stereocenters. The first kappa shape index (κ1) is 10.8. The molecular weight excluding hydrogens is 216 g/mol. The SMILES string of the molecule is Cc1ccoc1C(=O)N1C[C@@H]2CNC[C@@H](C2)C1. The molecular formula is C13H18N2O2. The number of rotatable bonds is 1. The molecule has 4 nitrogen and oxygen atoms in total. The van der Waals surface area contributed by atoms with Crippen LogP contribution < -0.4 is 5.32 Å². The van der Waals surface area contributed by atoms with Crippen molar-refractivity contribution in [3.05, 3.63) is 23.7 Å². The fourth-order valence-corrected chi connectivity index (χ4v) is 3.01. The zero-order valence-electron chi connectivity index (χ0n) is 10.1. The van der Waals surface area contributed by atoms with E-state index in [0.29, 0.717) is 17.6 Å². The van der Waals surface area contributed by atoms with Gasteiger partial charge in [0.1, 0.15) is 0 Å². The summed E-state index contributed by atoms with van der Waals surface area (Å²) in [5.41, 5.74) is 0.934. The number of carbonyl (C=O) groups is 1. The van der Waals surface area contributed by atoms with Crippen LogP contribution in [0, 0.1) is 18.8 Å². The lowest BCUT2D eigenvalue weighted by atomic mass is 9.86. The molecule has 0 saturated carbocycles. The summed E-state index contributed by atoms with van der Waals surface area (Å²) in [6.45, 7) is 5.73. The van der Waals surface area contributed by atoms with Crippen molar-refractivity contribution in [1.29, 1.82) is 0 Å². The molecule has 2 saturated heterocycles. The highest BCUT2D eigenvalue weighted by Gasteiger charge is 2.34. The van der Waals surface area contributed by atoms with E-state index in [1.807, 2.05) is 17.9 Å². The van der Waals surface area contributed by atoms with Gasteiger partial charge in [-0.05, 0) is 44.3 Å². The third kappa shape index (κ3) is 1.97. The quantitative estimate of drug-likeness (QED) is 0.796. The number of nitrogens with one attached hydrogen (secondary N) is 1. The van der Waals surface area contributed by atoms with E-state index >= 15 is 0 Å². The van der Waals surface area contributed by atoms with Crippen molar-refractivity contribution in [3.63, 3.8) is 0 Å². The van der Waals surface area contributed by atoms with E-state index in [0.717, 1.165) is 31.7 Å². The van der Waals surface area contributed by atoms with Gasteiger partial charge in [0.05, 0.1) is 6.26 Å². The number of nitrogens with zero attached hydrogens (tertiary/aromatic N) is 1. The minimum absolute atomic E-state index is 0.0594. The lowest BCUT2D eigenvalue weighted by Crippen LogP contribution is -2.52. The predicted octanol–water partition coefficient (Wildman–Crippen LogP) is 1.27. The van der Waals surface area contributed by atoms with Crippen LogP contribution in [0.3, 0.4) is 0 Å². The molecule has 2 bridgehead atoms. The van der Waals surface area contributed by atoms with E-state index in [2.05, 4.69) is 5.32 Å². The zero-order valence-corrected chi connectivity index (χ0v) is 10.1. The molecule has 1 aromatic heterocycles. The second-order valence-corrected chi connectivity index (χ2v) is 5.27. The van der Waals surface area contributed by atoms with E-state index in [1.54, 1.807) is 6.26 Å². The molecule has 1 amide bonds. The predicted molar refractivity (Wildman–Crippen MR) is 63.8 cm³/mol. The van der Waals surface area contributed by atoms with Gasteiger partial charge in [0, 0.05) is 18.7 Å². The maximum Gasteiger partial charge on any atom is 0.289 e. The van der Waals surface area contributed by atoms with Gasteiger partial charge in [-0.1, -0.05) is 0 Å². The van der Waals surface area contributed by atoms with Gasteiger partial charge in [0.15, 0.2) is 5.76 Å². The Kier molecular flexibility index (Phi) is 2.67. The monoisotopic (exact) mass is 234 g/mol. The number of hydrogen-bond acceptors (Lipinski definition) is 3. The molecule has 0 aromatic carbocycles. The van der Waals surface area contributed by atoms with Crippen molar-refractivity contribution < 1.29 is 9.21 Å². The van der Waals surface area contributed by atoms with Crippen molar-refractivity contribution in [2.24, 2.45) is 11.8 Å². The second kappa shape index (κ2) is 4.18. The van der Waals surface area contributed by atoms with Crippen LogP contribution in [0.2, 0.25) is 0 Å². The minimum Gasteiger partial charge on any atom is -0.459 e. The van der Waals surface area contributed by atoms with Crippen LogP contribution in [-0.2, 0) is 0 Å². The summed E-state index contributed by atoms with van der Waals surface area (Å²) in [4.78, 5) is 14.3. The molecule has 0 aliphatic carbocycles. The number of amides is 1. The van der Waals surface area contributed by atoms with Crippen LogP contribution in [0.4, 0.5) is 0 Å². The second-order valence-electron chi connectivity index (χ2n) is 5.27. The summed E-state index contributed by atoms with van der Waals surface area (Å²) in [5, 5.41) is 3.43. The molecule has 3 heterocycles. The number of piperidine rings is 2. The minimum atomic E-state index is 0.0594. The molecule has 2 fully saturated rings. The Labute approximate surface area is 101 Å². The summed E-state index contributed by atoms with van der Waals surface area (Å²) in [6, 6.07) is 1.85. The first-order valence-electron chi connectivity index (χ1n) is 6.28. The Morgan fingerprint density at radius 3 is 2.71 bits per heavy atom. The number of hydrogen-bond donors (Lipinski definition) is 1. The number of aryl methyl sites for hydroxylation is 1. The van der Waals surface area contributed by atoms with Crippen molar-refractivity contribution in [1.82, 2.24) is 10.2 Å². The van der Waals surface area contributed by atoms with Gasteiger partial charge in [-0.15, -0.1) is 0 Å². The van der Waals surface area contributed by atoms with E-state index in [1.165, 1.54) is 6.42 Å². The molecule has 0 unspecified atom stereocenters. The van der Waals surface area contributed by atoms with Gasteiger partial charge in [-0.3, -0.25) is 4.79 Å². The molecule has 92 valence electrons. The van der Waals surface area contributed by atoms with Crippen LogP contribution in [0.25, 0.3) is 0 Å². The fraction of sp³-hybridized carbons (Fsp3) is 0.615. The third-order valence-electron chi connectivity index (χ3n) is 3.83. The number of likely N-dealkylation sites (tertiary alicyclic amines) is 1. The fourth-order valence-electron chi connectivity index (χ4n) is 3.01. The van der Waals surface area contributed by atoms with Crippen LogP contribution in [0.15, 0.2) is 16.7 Å². The number of carbonyl (C=O) groups excluding carboxylic acids is 1. The van der Waals surface area contributed by atoms with Gasteiger partial charge in [-0.2, -0.15) is 0 Å². The van der Waals surface area contributed by atoms with Crippen molar-refractivity contribution in [3.8, 4) is 0 Å². The molecule has 0 radical (unpaired) electrons. The van der Waals surface area contributed by atoms with Gasteiger partial charge in [0.25, 0.3) is 5.91 Å². The molecule has 2 aliphatic rings. The molecule has 3 rings (SSSR count). The van der Waals surface area contributed by atoms with E-state index in [-0.39, 0.29) is 5.91 Å². The maximum atomic E-state index is 12.3. The van der Waals surface area contributed by atoms with Crippen LogP contribution in [0.5, 0.6) is 0 Å². The Hall–Kier alpha value is -1.29. The van der Waals surface area contributed by atoms with Crippen LogP contribution >= 0.6 is 0 Å². The average Bonchev–Trinajstić information content (AvgIpc) is 2.74. The Morgan fingerprint density at radius 1 is 1.41 bits per heavy atom. The van der Waals surface area contributed by atoms with Gasteiger partial charge < -0.3 is 14.6 Å². The Bertz CT molecular complexity index is 415. The molecule has 2 aliphatic heterocycles. The third-order valence-corrected chi connectivity index (χ3v) is 3.83. The largest absolute Gasteiger partial charge is 0.459 e. The first-order valence-corrected chi connectivity index (χ1v) is 6.28. The lowest BCUT2D eigenvalue weighted by Gasteiger charge is -2.41. The molecule has 1 N–H and O–H groups in total. The Balaban J connectivity index is 1.76. The topological polar surface area (TPSA) is 45.5 Å². The Morgan fingerprint density at radius 2 is 2.12 bits per heavy atom. The summed E-state index contributed by atoms with van der Waals surface area (Å²) in [6.07, 6.45) is 2.85. The van der Waals surface area contributed by atoms with E-state index in [4.69, 9.17) is 4.42 Å². The zero-order chi connectivity index (χ0) is 11.8. The van der Waals surface area contributed by atoms with Crippen LogP contribution in [0.1, 0.15) is 22.5 Å². The summed E-state index contributed by atoms with van der Waals surface area (Å²) >= 11 is 0. The molecule has 1 aromatic rings. The highest BCUT2D eigenvalue weighted by molar-refractivity contribution is 5.92.